The van der Waals surface area contributed by atoms with Crippen LogP contribution in [-0.2, 0) is 14.4 Å². The Morgan fingerprint density at radius 2 is 2.07 bits per heavy atom. The molecule has 0 bridgehead atoms. The molecule has 3 aliphatic heterocycles. The number of hydrogen-bond donors (Lipinski definition) is 4. The third kappa shape index (κ3) is 4.38. The molecule has 3 heterocycles. The molecule has 0 radical (unpaired) electrons. The van der Waals surface area contributed by atoms with Gasteiger partial charge < -0.3 is 16.4 Å². The lowest BCUT2D eigenvalue weighted by Crippen LogP contribution is -2.69. The predicted octanol–water partition coefficient (Wildman–Crippen LogP) is 0.136. The molecule has 0 aliphatic carbocycles. The molecule has 4 atom stereocenters. The number of amides is 3. The Morgan fingerprint density at radius 1 is 1.30 bits per heavy atom. The Bertz CT molecular complexity index is 872. The zero-order valence-electron chi connectivity index (χ0n) is 16.9. The summed E-state index contributed by atoms with van der Waals surface area (Å²) in [6.07, 6.45) is 1.25. The average Bonchev–Trinajstić information content (AvgIpc) is 3.17. The van der Waals surface area contributed by atoms with E-state index < -0.39 is 5.91 Å². The average molecular weight is 430 g/mol. The lowest BCUT2D eigenvalue weighted by molar-refractivity contribution is -0.130. The summed E-state index contributed by atoms with van der Waals surface area (Å²) in [6, 6.07) is 8.25. The first-order valence-corrected chi connectivity index (χ1v) is 11.2. The first-order chi connectivity index (χ1) is 14.4. The Morgan fingerprint density at radius 3 is 2.80 bits per heavy atom. The number of thioether (sulfide) groups is 1. The van der Waals surface area contributed by atoms with Gasteiger partial charge in [-0.15, -0.1) is 11.8 Å². The zero-order chi connectivity index (χ0) is 21.3. The van der Waals surface area contributed by atoms with E-state index in [0.29, 0.717) is 6.54 Å². The van der Waals surface area contributed by atoms with Crippen molar-refractivity contribution in [3.63, 3.8) is 0 Å². The van der Waals surface area contributed by atoms with Crippen LogP contribution in [-0.4, -0.2) is 59.8 Å². The molecule has 1 aromatic rings. The van der Waals surface area contributed by atoms with Crippen LogP contribution in [0.15, 0.2) is 29.7 Å². The summed E-state index contributed by atoms with van der Waals surface area (Å²) in [4.78, 5) is 38.2. The van der Waals surface area contributed by atoms with E-state index in [0.717, 1.165) is 30.5 Å². The summed E-state index contributed by atoms with van der Waals surface area (Å²) in [5, 5.41) is 11.1. The molecule has 3 amide bonds. The van der Waals surface area contributed by atoms with E-state index in [1.165, 1.54) is 5.56 Å². The molecule has 3 aliphatic rings. The highest BCUT2D eigenvalue weighted by Gasteiger charge is 2.44. The van der Waals surface area contributed by atoms with Crippen LogP contribution < -0.4 is 21.7 Å². The van der Waals surface area contributed by atoms with Gasteiger partial charge in [0.1, 0.15) is 11.5 Å². The summed E-state index contributed by atoms with van der Waals surface area (Å²) in [6.45, 7) is 3.20. The van der Waals surface area contributed by atoms with E-state index in [-0.39, 0.29) is 41.9 Å². The molecule has 160 valence electrons. The minimum Gasteiger partial charge on any atom is -0.368 e. The molecule has 0 saturated carbocycles. The number of hydrogen-bond acceptors (Lipinski definition) is 6. The lowest BCUT2D eigenvalue weighted by Gasteiger charge is -2.43. The van der Waals surface area contributed by atoms with E-state index in [4.69, 9.17) is 5.73 Å². The van der Waals surface area contributed by atoms with Gasteiger partial charge >= 0.3 is 0 Å². The summed E-state index contributed by atoms with van der Waals surface area (Å²) >= 11 is 1.54. The number of nitrogens with zero attached hydrogens (tertiary/aromatic N) is 1. The molecule has 9 heteroatoms. The van der Waals surface area contributed by atoms with E-state index in [1.54, 1.807) is 11.8 Å². The first kappa shape index (κ1) is 20.9. The second-order valence-electron chi connectivity index (χ2n) is 8.07. The Kier molecular flexibility index (Phi) is 6.12. The fourth-order valence-electron chi connectivity index (χ4n) is 4.24. The van der Waals surface area contributed by atoms with Crippen molar-refractivity contribution in [1.29, 1.82) is 0 Å². The summed E-state index contributed by atoms with van der Waals surface area (Å²) in [5.74, 6) is -0.959. The molecular formula is C21H27N5O3S. The number of aryl methyl sites for hydroxylation is 1. The van der Waals surface area contributed by atoms with Gasteiger partial charge in [0, 0.05) is 13.1 Å². The number of rotatable bonds is 5. The van der Waals surface area contributed by atoms with Crippen LogP contribution in [0, 0.1) is 12.8 Å². The maximum Gasteiger partial charge on any atom is 0.237 e. The zero-order valence-corrected chi connectivity index (χ0v) is 17.7. The number of primary amides is 1. The van der Waals surface area contributed by atoms with Crippen molar-refractivity contribution in [2.75, 3.05) is 19.6 Å². The van der Waals surface area contributed by atoms with Crippen LogP contribution in [0.2, 0.25) is 0 Å². The summed E-state index contributed by atoms with van der Waals surface area (Å²) in [5.41, 5.74) is 8.55. The highest BCUT2D eigenvalue weighted by Crippen LogP contribution is 2.38. The molecule has 2 fully saturated rings. The number of likely N-dealkylation sites (tertiary alicyclic amines) is 1. The van der Waals surface area contributed by atoms with Crippen LogP contribution in [0.3, 0.4) is 0 Å². The van der Waals surface area contributed by atoms with Crippen molar-refractivity contribution < 1.29 is 14.4 Å². The molecule has 5 N–H and O–H groups in total. The molecule has 8 nitrogen and oxygen atoms in total. The standard InChI is InChI=1S/C21H27N5O3S/c1-12-4-6-13(7-5-12)15-11-30-18-17(15)24-21(25-20(18)29)26-8-2-3-14(10-26)19(28)23-9-16(22)27/h4-7,11,14,17-18,21,24H,2-3,8-10H2,1H3,(H2,22,27)(H,23,28)(H,25,29). The van der Waals surface area contributed by atoms with Crippen LogP contribution in [0.4, 0.5) is 0 Å². The van der Waals surface area contributed by atoms with Gasteiger partial charge in [-0.1, -0.05) is 29.8 Å². The van der Waals surface area contributed by atoms with Gasteiger partial charge in [-0.2, -0.15) is 0 Å². The minimum absolute atomic E-state index is 0.00687. The van der Waals surface area contributed by atoms with E-state index in [9.17, 15) is 14.4 Å². The second kappa shape index (κ2) is 8.79. The van der Waals surface area contributed by atoms with E-state index in [2.05, 4.69) is 57.4 Å². The summed E-state index contributed by atoms with van der Waals surface area (Å²) in [7, 11) is 0. The highest BCUT2D eigenvalue weighted by atomic mass is 32.2. The second-order valence-corrected chi connectivity index (χ2v) is 9.09. The Balaban J connectivity index is 1.44. The maximum atomic E-state index is 12.8. The monoisotopic (exact) mass is 429 g/mol. The largest absolute Gasteiger partial charge is 0.368 e. The van der Waals surface area contributed by atoms with E-state index in [1.807, 2.05) is 0 Å². The molecule has 4 rings (SSSR count). The molecular weight excluding hydrogens is 402 g/mol. The third-order valence-corrected chi connectivity index (χ3v) is 7.03. The number of carbonyl (C=O) groups excluding carboxylic acids is 3. The topological polar surface area (TPSA) is 117 Å². The molecule has 4 unspecified atom stereocenters. The van der Waals surface area contributed by atoms with Crippen LogP contribution >= 0.6 is 11.8 Å². The molecule has 30 heavy (non-hydrogen) atoms. The van der Waals surface area contributed by atoms with Crippen molar-refractivity contribution in [3.05, 3.63) is 40.8 Å². The quantitative estimate of drug-likeness (QED) is 0.529. The fraction of sp³-hybridized carbons (Fsp3) is 0.476. The van der Waals surface area contributed by atoms with Gasteiger partial charge in [0.05, 0.1) is 18.5 Å². The van der Waals surface area contributed by atoms with Crippen LogP contribution in [0.1, 0.15) is 24.0 Å². The van der Waals surface area contributed by atoms with Crippen LogP contribution in [0.5, 0.6) is 0 Å². The van der Waals surface area contributed by atoms with Crippen molar-refractivity contribution in [1.82, 2.24) is 20.9 Å². The molecule has 2 saturated heterocycles. The van der Waals surface area contributed by atoms with Gasteiger partial charge in [-0.25, -0.2) is 0 Å². The highest BCUT2D eigenvalue weighted by molar-refractivity contribution is 8.04. The lowest BCUT2D eigenvalue weighted by atomic mass is 9.94. The number of carbonyl (C=O) groups is 3. The third-order valence-electron chi connectivity index (χ3n) is 5.86. The molecule has 0 spiro atoms. The Hall–Kier alpha value is -2.36. The van der Waals surface area contributed by atoms with Crippen molar-refractivity contribution >= 4 is 35.1 Å². The van der Waals surface area contributed by atoms with Crippen molar-refractivity contribution in [2.24, 2.45) is 11.7 Å². The Labute approximate surface area is 180 Å². The van der Waals surface area contributed by atoms with E-state index >= 15 is 0 Å². The normalized spacial score (nSPS) is 29.0. The number of benzene rings is 1. The van der Waals surface area contributed by atoms with Gasteiger partial charge in [-0.05, 0) is 36.3 Å². The SMILES string of the molecule is Cc1ccc(C2=CSC3C(=O)NC(N4CCCC(C(=O)NCC(N)=O)C4)NC23)cc1. The minimum atomic E-state index is -0.558. The van der Waals surface area contributed by atoms with Gasteiger partial charge in [-0.3, -0.25) is 24.6 Å². The van der Waals surface area contributed by atoms with Gasteiger partial charge in [0.15, 0.2) is 0 Å². The molecule has 0 aromatic heterocycles. The predicted molar refractivity (Wildman–Crippen MR) is 116 cm³/mol. The number of nitrogens with one attached hydrogen (secondary N) is 3. The van der Waals surface area contributed by atoms with Gasteiger partial charge in [0.25, 0.3) is 0 Å². The number of nitrogens with two attached hydrogens (primary N) is 1. The molecule has 1 aromatic carbocycles. The van der Waals surface area contributed by atoms with Crippen molar-refractivity contribution in [3.8, 4) is 0 Å². The smallest absolute Gasteiger partial charge is 0.237 e. The van der Waals surface area contributed by atoms with Crippen molar-refractivity contribution in [2.45, 2.75) is 37.3 Å². The number of fused-ring (bicyclic) bond motifs is 1. The fourth-order valence-corrected chi connectivity index (χ4v) is 5.39. The van der Waals surface area contributed by atoms with Gasteiger partial charge in [0.2, 0.25) is 17.7 Å². The van der Waals surface area contributed by atoms with Crippen LogP contribution in [0.25, 0.3) is 5.57 Å². The maximum absolute atomic E-state index is 12.8. The summed E-state index contributed by atoms with van der Waals surface area (Å²) < 4.78 is 0. The first-order valence-electron chi connectivity index (χ1n) is 10.2. The number of piperidine rings is 1.